The fourth-order valence-corrected chi connectivity index (χ4v) is 2.58. The molecule has 1 saturated heterocycles. The summed E-state index contributed by atoms with van der Waals surface area (Å²) in [6, 6.07) is 0. The number of halogens is 4. The van der Waals surface area contributed by atoms with Gasteiger partial charge in [-0.2, -0.15) is 13.2 Å². The predicted molar refractivity (Wildman–Crippen MR) is 68.1 cm³/mol. The first-order valence-corrected chi connectivity index (χ1v) is 7.25. The van der Waals surface area contributed by atoms with E-state index >= 15 is 0 Å². The van der Waals surface area contributed by atoms with Crippen LogP contribution in [0.15, 0.2) is 0 Å². The number of likely N-dealkylation sites (N-methyl/N-ethyl adjacent to an activating group) is 1. The van der Waals surface area contributed by atoms with Gasteiger partial charge >= 0.3 is 6.18 Å². The lowest BCUT2D eigenvalue weighted by molar-refractivity contribution is -0.151. The van der Waals surface area contributed by atoms with Crippen molar-refractivity contribution in [3.63, 3.8) is 0 Å². The van der Waals surface area contributed by atoms with Crippen LogP contribution >= 0.6 is 15.9 Å². The van der Waals surface area contributed by atoms with Gasteiger partial charge in [0.25, 0.3) is 0 Å². The third-order valence-electron chi connectivity index (χ3n) is 2.94. The van der Waals surface area contributed by atoms with Crippen molar-refractivity contribution >= 4 is 15.9 Å². The molecule has 0 amide bonds. The minimum absolute atomic E-state index is 0.125. The van der Waals surface area contributed by atoms with Crippen LogP contribution in [0.5, 0.6) is 0 Å². The highest BCUT2D eigenvalue weighted by Crippen LogP contribution is 2.17. The summed E-state index contributed by atoms with van der Waals surface area (Å²) >= 11 is 3.19. The summed E-state index contributed by atoms with van der Waals surface area (Å²) < 4.78 is 42.8. The Hall–Kier alpha value is 0.150. The first-order valence-electron chi connectivity index (χ1n) is 6.13. The summed E-state index contributed by atoms with van der Waals surface area (Å²) in [5.41, 5.74) is 0. The molecule has 0 aromatic rings. The highest BCUT2D eigenvalue weighted by molar-refractivity contribution is 9.09. The number of morpholine rings is 1. The van der Waals surface area contributed by atoms with Crippen molar-refractivity contribution in [2.45, 2.75) is 19.2 Å². The standard InChI is InChI=1S/C11H20BrF3N2O/c1-2-16-5-6-18-10(7-16)8-17(4-3-12)9-11(13,14)15/h10H,2-9H2,1H3. The summed E-state index contributed by atoms with van der Waals surface area (Å²) in [6.45, 7) is 4.99. The summed E-state index contributed by atoms with van der Waals surface area (Å²) in [5, 5.41) is 0.535. The van der Waals surface area contributed by atoms with Crippen molar-refractivity contribution in [3.8, 4) is 0 Å². The number of hydrogen-bond acceptors (Lipinski definition) is 3. The minimum Gasteiger partial charge on any atom is -0.374 e. The maximum Gasteiger partial charge on any atom is 0.401 e. The van der Waals surface area contributed by atoms with E-state index in [1.165, 1.54) is 4.90 Å². The SMILES string of the molecule is CCN1CCOC(CN(CCBr)CC(F)(F)F)C1. The van der Waals surface area contributed by atoms with E-state index in [-0.39, 0.29) is 6.10 Å². The summed E-state index contributed by atoms with van der Waals surface area (Å²) in [5.74, 6) is 0. The lowest BCUT2D eigenvalue weighted by Gasteiger charge is -2.35. The van der Waals surface area contributed by atoms with E-state index in [2.05, 4.69) is 20.8 Å². The molecule has 0 spiro atoms. The molecule has 0 N–H and O–H groups in total. The average Bonchev–Trinajstić information content (AvgIpc) is 2.27. The third-order valence-corrected chi connectivity index (χ3v) is 3.29. The first-order chi connectivity index (χ1) is 8.44. The zero-order valence-corrected chi connectivity index (χ0v) is 12.1. The molecular weight excluding hydrogens is 313 g/mol. The van der Waals surface area contributed by atoms with E-state index in [9.17, 15) is 13.2 Å². The summed E-state index contributed by atoms with van der Waals surface area (Å²) in [7, 11) is 0. The second-order valence-corrected chi connectivity index (χ2v) is 5.22. The zero-order chi connectivity index (χ0) is 13.6. The Morgan fingerprint density at radius 2 is 2.17 bits per heavy atom. The molecule has 0 saturated carbocycles. The van der Waals surface area contributed by atoms with Crippen LogP contribution in [0.25, 0.3) is 0 Å². The maximum absolute atomic E-state index is 12.4. The molecule has 18 heavy (non-hydrogen) atoms. The molecule has 3 nitrogen and oxygen atoms in total. The normalized spacial score (nSPS) is 22.7. The molecule has 1 unspecified atom stereocenters. The Labute approximate surface area is 114 Å². The third kappa shape index (κ3) is 6.36. The van der Waals surface area contributed by atoms with Gasteiger partial charge in [-0.3, -0.25) is 9.80 Å². The number of alkyl halides is 4. The van der Waals surface area contributed by atoms with Gasteiger partial charge in [0, 0.05) is 31.5 Å². The first kappa shape index (κ1) is 16.2. The number of ether oxygens (including phenoxy) is 1. The fraction of sp³-hybridized carbons (Fsp3) is 1.00. The minimum atomic E-state index is -4.15. The Morgan fingerprint density at radius 1 is 1.44 bits per heavy atom. The second-order valence-electron chi connectivity index (χ2n) is 4.43. The zero-order valence-electron chi connectivity index (χ0n) is 10.5. The molecule has 1 aliphatic rings. The quantitative estimate of drug-likeness (QED) is 0.691. The molecule has 1 heterocycles. The summed E-state index contributed by atoms with van der Waals surface area (Å²) in [6.07, 6.45) is -4.28. The Morgan fingerprint density at radius 3 is 2.72 bits per heavy atom. The Balaban J connectivity index is 2.44. The van der Waals surface area contributed by atoms with Gasteiger partial charge in [0.05, 0.1) is 19.3 Å². The average molecular weight is 333 g/mol. The van der Waals surface area contributed by atoms with Crippen molar-refractivity contribution in [2.24, 2.45) is 0 Å². The smallest absolute Gasteiger partial charge is 0.374 e. The van der Waals surface area contributed by atoms with Gasteiger partial charge in [-0.15, -0.1) is 0 Å². The van der Waals surface area contributed by atoms with Gasteiger partial charge in [-0.05, 0) is 6.54 Å². The van der Waals surface area contributed by atoms with Gasteiger partial charge in [0.1, 0.15) is 0 Å². The van der Waals surface area contributed by atoms with E-state index < -0.39 is 12.7 Å². The van der Waals surface area contributed by atoms with E-state index in [4.69, 9.17) is 4.74 Å². The van der Waals surface area contributed by atoms with Gasteiger partial charge in [0.15, 0.2) is 0 Å². The van der Waals surface area contributed by atoms with Gasteiger partial charge in [-0.1, -0.05) is 22.9 Å². The van der Waals surface area contributed by atoms with Crippen LogP contribution in [0.2, 0.25) is 0 Å². The van der Waals surface area contributed by atoms with Crippen LogP contribution in [0, 0.1) is 0 Å². The lowest BCUT2D eigenvalue weighted by atomic mass is 10.2. The van der Waals surface area contributed by atoms with Crippen LogP contribution in [-0.4, -0.2) is 73.3 Å². The van der Waals surface area contributed by atoms with Gasteiger partial charge in [0.2, 0.25) is 0 Å². The fourth-order valence-electron chi connectivity index (χ4n) is 2.07. The number of hydrogen-bond donors (Lipinski definition) is 0. The van der Waals surface area contributed by atoms with E-state index in [1.54, 1.807) is 0 Å². The molecule has 0 bridgehead atoms. The molecule has 0 aromatic carbocycles. The van der Waals surface area contributed by atoms with Crippen molar-refractivity contribution in [2.75, 3.05) is 51.2 Å². The van der Waals surface area contributed by atoms with E-state index in [0.29, 0.717) is 31.6 Å². The predicted octanol–water partition coefficient (Wildman–Crippen LogP) is 1.97. The van der Waals surface area contributed by atoms with Crippen LogP contribution in [0.1, 0.15) is 6.92 Å². The van der Waals surface area contributed by atoms with Crippen molar-refractivity contribution < 1.29 is 17.9 Å². The van der Waals surface area contributed by atoms with Crippen LogP contribution in [-0.2, 0) is 4.74 Å². The van der Waals surface area contributed by atoms with E-state index in [0.717, 1.165) is 13.1 Å². The highest BCUT2D eigenvalue weighted by atomic mass is 79.9. The molecule has 1 atom stereocenters. The highest BCUT2D eigenvalue weighted by Gasteiger charge is 2.32. The molecule has 0 aromatic heterocycles. The van der Waals surface area contributed by atoms with Crippen molar-refractivity contribution in [3.05, 3.63) is 0 Å². The van der Waals surface area contributed by atoms with E-state index in [1.807, 2.05) is 6.92 Å². The second kappa shape index (κ2) is 7.67. The topological polar surface area (TPSA) is 15.7 Å². The monoisotopic (exact) mass is 332 g/mol. The molecule has 0 aliphatic carbocycles. The molecule has 0 radical (unpaired) electrons. The molecule has 1 fully saturated rings. The number of nitrogens with zero attached hydrogens (tertiary/aromatic N) is 2. The molecular formula is C11H20BrF3N2O. The van der Waals surface area contributed by atoms with Crippen molar-refractivity contribution in [1.82, 2.24) is 9.80 Å². The van der Waals surface area contributed by atoms with Crippen LogP contribution in [0.4, 0.5) is 13.2 Å². The van der Waals surface area contributed by atoms with Gasteiger partial charge in [-0.25, -0.2) is 0 Å². The Bertz CT molecular complexity index is 241. The van der Waals surface area contributed by atoms with Crippen LogP contribution in [0.3, 0.4) is 0 Å². The molecule has 7 heteroatoms. The summed E-state index contributed by atoms with van der Waals surface area (Å²) in [4.78, 5) is 3.60. The molecule has 108 valence electrons. The molecule has 1 rings (SSSR count). The lowest BCUT2D eigenvalue weighted by Crippen LogP contribution is -2.49. The molecule has 1 aliphatic heterocycles. The maximum atomic E-state index is 12.4. The number of rotatable bonds is 6. The van der Waals surface area contributed by atoms with Gasteiger partial charge < -0.3 is 4.74 Å². The van der Waals surface area contributed by atoms with Crippen LogP contribution < -0.4 is 0 Å². The van der Waals surface area contributed by atoms with Crippen molar-refractivity contribution in [1.29, 1.82) is 0 Å². The largest absolute Gasteiger partial charge is 0.401 e. The Kier molecular flexibility index (Phi) is 6.90.